The van der Waals surface area contributed by atoms with E-state index in [0.717, 1.165) is 11.5 Å². The number of carbonyl (C=O) groups excluding carboxylic acids is 1. The van der Waals surface area contributed by atoms with E-state index < -0.39 is 5.81 Å². The number of carbonyl (C=O) groups is 1. The molecule has 0 aromatic rings. The smallest absolute Gasteiger partial charge is 0.200 e. The molecule has 1 saturated heterocycles. The molecule has 1 fully saturated rings. The summed E-state index contributed by atoms with van der Waals surface area (Å²) in [6.45, 7) is 0. The molecule has 0 aromatic carbocycles. The Bertz CT molecular complexity index is 104. The minimum atomic E-state index is -0.407. The fourth-order valence-corrected chi connectivity index (χ4v) is 1.16. The van der Waals surface area contributed by atoms with Gasteiger partial charge >= 0.3 is 0 Å². The largest absolute Gasteiger partial charge is 0.362 e. The van der Waals surface area contributed by atoms with Crippen molar-refractivity contribution in [1.82, 2.24) is 5.32 Å². The molecule has 0 unspecified atom stereocenters. The SMILES string of the molecule is [B]C(=O)NC1CSC1. The second-order valence-corrected chi connectivity index (χ2v) is 2.82. The highest BCUT2D eigenvalue weighted by atomic mass is 32.2. The maximum absolute atomic E-state index is 10.1. The van der Waals surface area contributed by atoms with Crippen molar-refractivity contribution in [2.75, 3.05) is 11.5 Å². The van der Waals surface area contributed by atoms with Crippen LogP contribution in [-0.2, 0) is 0 Å². The van der Waals surface area contributed by atoms with Crippen molar-refractivity contribution in [3.05, 3.63) is 0 Å². The maximum Gasteiger partial charge on any atom is 0.200 e. The minimum Gasteiger partial charge on any atom is -0.362 e. The first-order valence-electron chi connectivity index (χ1n) is 2.43. The highest BCUT2D eigenvalue weighted by molar-refractivity contribution is 8.00. The highest BCUT2D eigenvalue weighted by Gasteiger charge is 2.17. The van der Waals surface area contributed by atoms with Gasteiger partial charge in [-0.15, -0.1) is 0 Å². The molecule has 2 nitrogen and oxygen atoms in total. The summed E-state index contributed by atoms with van der Waals surface area (Å²) in [5.74, 6) is 1.63. The van der Waals surface area contributed by atoms with Crippen LogP contribution in [-0.4, -0.2) is 31.2 Å². The molecule has 0 saturated carbocycles. The molecule has 4 heteroatoms. The Balaban J connectivity index is 2.09. The third kappa shape index (κ3) is 1.44. The topological polar surface area (TPSA) is 29.1 Å². The van der Waals surface area contributed by atoms with Gasteiger partial charge in [-0.05, 0) is 0 Å². The van der Waals surface area contributed by atoms with Gasteiger partial charge in [-0.2, -0.15) is 11.8 Å². The molecule has 2 radical (unpaired) electrons. The average molecular weight is 127 g/mol. The first kappa shape index (κ1) is 6.01. The fourth-order valence-electron chi connectivity index (χ4n) is 0.520. The highest BCUT2D eigenvalue weighted by Crippen LogP contribution is 2.16. The normalized spacial score (nSPS) is 19.5. The van der Waals surface area contributed by atoms with Crippen LogP contribution < -0.4 is 5.32 Å². The van der Waals surface area contributed by atoms with Gasteiger partial charge in [-0.1, -0.05) is 0 Å². The zero-order valence-electron chi connectivity index (χ0n) is 4.39. The molecule has 0 atom stereocenters. The lowest BCUT2D eigenvalue weighted by molar-refractivity contribution is 0.257. The Hall–Kier alpha value is -0.115. The van der Waals surface area contributed by atoms with Gasteiger partial charge in [0.15, 0.2) is 5.81 Å². The summed E-state index contributed by atoms with van der Waals surface area (Å²) in [6, 6.07) is 0.345. The van der Waals surface area contributed by atoms with Crippen LogP contribution in [0.4, 0.5) is 4.79 Å². The molecule has 1 aliphatic rings. The Morgan fingerprint density at radius 1 is 1.75 bits per heavy atom. The third-order valence-electron chi connectivity index (χ3n) is 0.984. The minimum absolute atomic E-state index is 0.345. The lowest BCUT2D eigenvalue weighted by Gasteiger charge is -2.25. The predicted octanol–water partition coefficient (Wildman–Crippen LogP) is -0.0201. The van der Waals surface area contributed by atoms with Crippen molar-refractivity contribution >= 4 is 25.4 Å². The van der Waals surface area contributed by atoms with Crippen molar-refractivity contribution in [2.24, 2.45) is 0 Å². The van der Waals surface area contributed by atoms with E-state index in [1.165, 1.54) is 0 Å². The molecule has 1 rings (SSSR count). The number of hydrogen-bond acceptors (Lipinski definition) is 2. The van der Waals surface area contributed by atoms with E-state index in [-0.39, 0.29) is 0 Å². The molecule has 0 bridgehead atoms. The first-order chi connectivity index (χ1) is 3.79. The monoisotopic (exact) mass is 127 g/mol. The second kappa shape index (κ2) is 2.44. The Morgan fingerprint density at radius 3 is 2.50 bits per heavy atom. The lowest BCUT2D eigenvalue weighted by atomic mass is 10.1. The zero-order chi connectivity index (χ0) is 5.98. The Kier molecular flexibility index (Phi) is 1.83. The quantitative estimate of drug-likeness (QED) is 0.501. The third-order valence-corrected chi connectivity index (χ3v) is 2.26. The second-order valence-electron chi connectivity index (χ2n) is 1.74. The zero-order valence-corrected chi connectivity index (χ0v) is 5.20. The van der Waals surface area contributed by atoms with Crippen molar-refractivity contribution in [3.63, 3.8) is 0 Å². The van der Waals surface area contributed by atoms with Gasteiger partial charge in [-0.3, -0.25) is 4.79 Å². The lowest BCUT2D eigenvalue weighted by Crippen LogP contribution is -2.43. The molecule has 0 spiro atoms. The van der Waals surface area contributed by atoms with Gasteiger partial charge in [0.2, 0.25) is 7.85 Å². The van der Waals surface area contributed by atoms with Crippen molar-refractivity contribution in [1.29, 1.82) is 0 Å². The van der Waals surface area contributed by atoms with Crippen molar-refractivity contribution in [2.45, 2.75) is 6.04 Å². The van der Waals surface area contributed by atoms with E-state index in [1.807, 2.05) is 11.8 Å². The molecule has 1 N–H and O–H groups in total. The van der Waals surface area contributed by atoms with Crippen LogP contribution in [0.2, 0.25) is 0 Å². The molecule has 0 aliphatic carbocycles. The van der Waals surface area contributed by atoms with E-state index >= 15 is 0 Å². The Morgan fingerprint density at radius 2 is 2.38 bits per heavy atom. The van der Waals surface area contributed by atoms with Crippen LogP contribution in [0.5, 0.6) is 0 Å². The molecular weight excluding hydrogens is 121 g/mol. The average Bonchev–Trinajstić information content (AvgIpc) is 1.55. The van der Waals surface area contributed by atoms with Gasteiger partial charge in [0.1, 0.15) is 0 Å². The van der Waals surface area contributed by atoms with Crippen LogP contribution >= 0.6 is 11.8 Å². The van der Waals surface area contributed by atoms with Crippen LogP contribution in [0, 0.1) is 0 Å². The summed E-state index contributed by atoms with van der Waals surface area (Å²) in [7, 11) is 4.84. The van der Waals surface area contributed by atoms with Crippen molar-refractivity contribution < 1.29 is 4.79 Å². The number of rotatable bonds is 1. The number of thioether (sulfide) groups is 1. The van der Waals surface area contributed by atoms with E-state index in [2.05, 4.69) is 5.32 Å². The molecule has 0 aromatic heterocycles. The van der Waals surface area contributed by atoms with Crippen LogP contribution in [0.1, 0.15) is 0 Å². The van der Waals surface area contributed by atoms with Gasteiger partial charge in [0.25, 0.3) is 0 Å². The number of hydrogen-bond donors (Lipinski definition) is 1. The fraction of sp³-hybridized carbons (Fsp3) is 0.750. The van der Waals surface area contributed by atoms with Crippen LogP contribution in [0.3, 0.4) is 0 Å². The summed E-state index contributed by atoms with van der Waals surface area (Å²) in [5.41, 5.74) is 0. The van der Waals surface area contributed by atoms with Gasteiger partial charge in [0, 0.05) is 17.5 Å². The number of nitrogens with one attached hydrogen (secondary N) is 1. The molecule has 42 valence electrons. The maximum atomic E-state index is 10.1. The molecule has 1 heterocycles. The number of amides is 1. The molecule has 1 aliphatic heterocycles. The summed E-state index contributed by atoms with van der Waals surface area (Å²) < 4.78 is 0. The van der Waals surface area contributed by atoms with Crippen LogP contribution in [0.15, 0.2) is 0 Å². The molecular formula is C4H6BNOS. The van der Waals surface area contributed by atoms with Crippen molar-refractivity contribution in [3.8, 4) is 0 Å². The predicted molar refractivity (Wildman–Crippen MR) is 35.4 cm³/mol. The van der Waals surface area contributed by atoms with Gasteiger partial charge < -0.3 is 5.32 Å². The van der Waals surface area contributed by atoms with E-state index in [4.69, 9.17) is 7.85 Å². The summed E-state index contributed by atoms with van der Waals surface area (Å²) in [4.78, 5) is 10.1. The molecule has 8 heavy (non-hydrogen) atoms. The van der Waals surface area contributed by atoms with Crippen LogP contribution in [0.25, 0.3) is 0 Å². The summed E-state index contributed by atoms with van der Waals surface area (Å²) in [6.07, 6.45) is 0. The summed E-state index contributed by atoms with van der Waals surface area (Å²) >= 11 is 1.82. The van der Waals surface area contributed by atoms with Gasteiger partial charge in [-0.25, -0.2) is 0 Å². The molecule has 1 amide bonds. The van der Waals surface area contributed by atoms with E-state index in [9.17, 15) is 4.79 Å². The first-order valence-corrected chi connectivity index (χ1v) is 3.58. The van der Waals surface area contributed by atoms with E-state index in [1.54, 1.807) is 0 Å². The van der Waals surface area contributed by atoms with E-state index in [0.29, 0.717) is 6.04 Å². The standard InChI is InChI=1S/C4H6BNOS/c5-4(7)6-3-1-8-2-3/h3H,1-2H2,(H,6,7). The summed E-state index contributed by atoms with van der Waals surface area (Å²) in [5, 5.41) is 2.60. The van der Waals surface area contributed by atoms with Gasteiger partial charge in [0.05, 0.1) is 0 Å². The Labute approximate surface area is 53.8 Å².